The number of primary amides is 1. The van der Waals surface area contributed by atoms with Gasteiger partial charge in [0.15, 0.2) is 0 Å². The van der Waals surface area contributed by atoms with Crippen LogP contribution in [0.1, 0.15) is 35.7 Å². The fraction of sp³-hybridized carbons (Fsp3) is 0.368. The third-order valence-electron chi connectivity index (χ3n) is 4.47. The van der Waals surface area contributed by atoms with Gasteiger partial charge in [0.05, 0.1) is 18.2 Å². The second kappa shape index (κ2) is 6.99. The molecule has 0 radical (unpaired) electrons. The third-order valence-corrected chi connectivity index (χ3v) is 4.47. The van der Waals surface area contributed by atoms with Crippen LogP contribution in [0.25, 0.3) is 10.8 Å². The number of rotatable bonds is 3. The van der Waals surface area contributed by atoms with E-state index in [0.717, 1.165) is 48.1 Å². The van der Waals surface area contributed by atoms with Crippen LogP contribution in [-0.2, 0) is 0 Å². The van der Waals surface area contributed by atoms with Gasteiger partial charge in [-0.25, -0.2) is 4.98 Å². The minimum absolute atomic E-state index is 0.132. The quantitative estimate of drug-likeness (QED) is 0.830. The molecule has 1 aliphatic rings. The van der Waals surface area contributed by atoms with E-state index >= 15 is 0 Å². The molecule has 25 heavy (non-hydrogen) atoms. The molecule has 1 saturated heterocycles. The number of fused-ring (bicyclic) bond motifs is 1. The summed E-state index contributed by atoms with van der Waals surface area (Å²) < 4.78 is 5.37. The Kier molecular flexibility index (Phi) is 4.77. The van der Waals surface area contributed by atoms with Crippen molar-refractivity contribution >= 4 is 22.5 Å². The molecule has 130 valence electrons. The topological polar surface area (TPSA) is 94.5 Å². The molecule has 1 fully saturated rings. The van der Waals surface area contributed by atoms with Crippen LogP contribution in [0.15, 0.2) is 18.3 Å². The number of pyridine rings is 1. The Hall–Kier alpha value is -2.78. The van der Waals surface area contributed by atoms with E-state index < -0.39 is 5.91 Å². The van der Waals surface area contributed by atoms with E-state index in [4.69, 9.17) is 16.2 Å². The molecule has 0 bridgehead atoms. The normalized spacial score (nSPS) is 17.1. The monoisotopic (exact) mass is 338 g/mol. The zero-order chi connectivity index (χ0) is 18.0. The number of aromatic nitrogens is 1. The first-order valence-corrected chi connectivity index (χ1v) is 8.29. The fourth-order valence-corrected chi connectivity index (χ4v) is 3.30. The number of carbonyl (C=O) groups is 1. The summed E-state index contributed by atoms with van der Waals surface area (Å²) in [5, 5.41) is 1.73. The Balaban J connectivity index is 2.26. The lowest BCUT2D eigenvalue weighted by atomic mass is 10.0. The Labute approximate surface area is 147 Å². The zero-order valence-corrected chi connectivity index (χ0v) is 14.5. The van der Waals surface area contributed by atoms with Crippen LogP contribution in [0.5, 0.6) is 5.75 Å². The van der Waals surface area contributed by atoms with Gasteiger partial charge in [0, 0.05) is 36.1 Å². The molecule has 0 aliphatic carbocycles. The Morgan fingerprint density at radius 2 is 2.20 bits per heavy atom. The van der Waals surface area contributed by atoms with Crippen LogP contribution in [0.3, 0.4) is 0 Å². The molecule has 0 spiro atoms. The summed E-state index contributed by atoms with van der Waals surface area (Å²) in [5.74, 6) is 6.67. The van der Waals surface area contributed by atoms with Crippen LogP contribution >= 0.6 is 0 Å². The molecule has 1 unspecified atom stereocenters. The number of nitrogens with zero attached hydrogens (tertiary/aromatic N) is 2. The number of piperidine rings is 1. The second-order valence-corrected chi connectivity index (χ2v) is 6.18. The minimum Gasteiger partial charge on any atom is -0.496 e. The van der Waals surface area contributed by atoms with E-state index in [1.54, 1.807) is 19.2 Å². The predicted molar refractivity (Wildman–Crippen MR) is 98.8 cm³/mol. The molecule has 1 amide bonds. The van der Waals surface area contributed by atoms with Crippen LogP contribution < -0.4 is 21.1 Å². The second-order valence-electron chi connectivity index (χ2n) is 6.18. The molecule has 4 N–H and O–H groups in total. The largest absolute Gasteiger partial charge is 0.496 e. The number of hydrogen-bond donors (Lipinski definition) is 2. The van der Waals surface area contributed by atoms with E-state index in [9.17, 15) is 4.79 Å². The predicted octanol–water partition coefficient (Wildman–Crippen LogP) is 1.64. The number of ether oxygens (including phenoxy) is 1. The van der Waals surface area contributed by atoms with Gasteiger partial charge >= 0.3 is 0 Å². The number of carbonyl (C=O) groups excluding carboxylic acids is 1. The van der Waals surface area contributed by atoms with Crippen molar-refractivity contribution in [2.75, 3.05) is 25.1 Å². The molecule has 1 aliphatic heterocycles. The third kappa shape index (κ3) is 3.24. The molecule has 6 heteroatoms. The van der Waals surface area contributed by atoms with Gasteiger partial charge in [-0.05, 0) is 31.9 Å². The Morgan fingerprint density at radius 1 is 1.40 bits per heavy atom. The smallest absolute Gasteiger partial charge is 0.252 e. The van der Waals surface area contributed by atoms with Crippen LogP contribution in [0.2, 0.25) is 0 Å². The number of amides is 1. The summed E-state index contributed by atoms with van der Waals surface area (Å²) in [5.41, 5.74) is 12.7. The van der Waals surface area contributed by atoms with Gasteiger partial charge in [-0.2, -0.15) is 0 Å². The van der Waals surface area contributed by atoms with Crippen molar-refractivity contribution in [3.05, 3.63) is 29.5 Å². The summed E-state index contributed by atoms with van der Waals surface area (Å²) >= 11 is 0. The highest BCUT2D eigenvalue weighted by Gasteiger charge is 2.22. The van der Waals surface area contributed by atoms with Gasteiger partial charge in [-0.15, -0.1) is 5.92 Å². The molecule has 1 aromatic carbocycles. The highest BCUT2D eigenvalue weighted by atomic mass is 16.5. The van der Waals surface area contributed by atoms with E-state index in [2.05, 4.69) is 21.7 Å². The van der Waals surface area contributed by atoms with Crippen molar-refractivity contribution in [1.29, 1.82) is 0 Å². The van der Waals surface area contributed by atoms with Crippen molar-refractivity contribution in [3.8, 4) is 17.6 Å². The lowest BCUT2D eigenvalue weighted by molar-refractivity contribution is 0.0997. The summed E-state index contributed by atoms with van der Waals surface area (Å²) in [6, 6.07) is 3.69. The van der Waals surface area contributed by atoms with E-state index in [1.807, 2.05) is 6.07 Å². The van der Waals surface area contributed by atoms with Crippen LogP contribution in [0, 0.1) is 11.8 Å². The van der Waals surface area contributed by atoms with Gasteiger partial charge < -0.3 is 21.1 Å². The molecule has 6 nitrogen and oxygen atoms in total. The number of methoxy groups -OCH3 is 1. The van der Waals surface area contributed by atoms with Gasteiger partial charge in [0.25, 0.3) is 5.91 Å². The van der Waals surface area contributed by atoms with Crippen molar-refractivity contribution in [3.63, 3.8) is 0 Å². The molecular formula is C19H22N4O2. The number of anilines is 1. The Bertz CT molecular complexity index is 882. The first-order chi connectivity index (χ1) is 12.0. The first-order valence-electron chi connectivity index (χ1n) is 8.29. The zero-order valence-electron chi connectivity index (χ0n) is 14.5. The highest BCUT2D eigenvalue weighted by Crippen LogP contribution is 2.34. The number of nitrogens with two attached hydrogens (primary N) is 2. The van der Waals surface area contributed by atoms with Crippen LogP contribution in [-0.4, -0.2) is 37.1 Å². The van der Waals surface area contributed by atoms with E-state index in [1.165, 1.54) is 7.11 Å². The lowest BCUT2D eigenvalue weighted by Gasteiger charge is -2.32. The maximum absolute atomic E-state index is 11.8. The SMILES string of the molecule is CC#Cc1cnc(N2CCCC(N)C2)c2cc(OC)c(C(N)=O)cc12. The summed E-state index contributed by atoms with van der Waals surface area (Å²) in [6.45, 7) is 3.41. The molecular weight excluding hydrogens is 316 g/mol. The average Bonchev–Trinajstić information content (AvgIpc) is 2.61. The van der Waals surface area contributed by atoms with Gasteiger partial charge in [0.2, 0.25) is 0 Å². The maximum atomic E-state index is 11.8. The van der Waals surface area contributed by atoms with Gasteiger partial charge in [-0.1, -0.05) is 5.92 Å². The number of hydrogen-bond acceptors (Lipinski definition) is 5. The Morgan fingerprint density at radius 3 is 2.84 bits per heavy atom. The molecule has 1 atom stereocenters. The van der Waals surface area contributed by atoms with Crippen molar-refractivity contribution < 1.29 is 9.53 Å². The molecule has 2 heterocycles. The average molecular weight is 338 g/mol. The van der Waals surface area contributed by atoms with Crippen molar-refractivity contribution in [2.45, 2.75) is 25.8 Å². The number of benzene rings is 1. The highest BCUT2D eigenvalue weighted by molar-refractivity contribution is 6.05. The first kappa shape index (κ1) is 17.1. The summed E-state index contributed by atoms with van der Waals surface area (Å²) in [7, 11) is 1.52. The molecule has 0 saturated carbocycles. The molecule has 1 aromatic heterocycles. The lowest BCUT2D eigenvalue weighted by Crippen LogP contribution is -2.43. The summed E-state index contributed by atoms with van der Waals surface area (Å²) in [6.07, 6.45) is 3.78. The van der Waals surface area contributed by atoms with Crippen molar-refractivity contribution in [2.24, 2.45) is 11.5 Å². The van der Waals surface area contributed by atoms with E-state index in [0.29, 0.717) is 11.3 Å². The van der Waals surface area contributed by atoms with E-state index in [-0.39, 0.29) is 6.04 Å². The van der Waals surface area contributed by atoms with Gasteiger partial charge in [-0.3, -0.25) is 4.79 Å². The minimum atomic E-state index is -0.535. The standard InChI is InChI=1S/C19H22N4O2/c1-3-5-12-10-22-19(23-7-4-6-13(20)11-23)15-9-17(25-2)16(18(21)24)8-14(12)15/h8-10,13H,4,6-7,11,20H2,1-2H3,(H2,21,24). The molecule has 3 rings (SSSR count). The summed E-state index contributed by atoms with van der Waals surface area (Å²) in [4.78, 5) is 18.6. The van der Waals surface area contributed by atoms with Crippen LogP contribution in [0.4, 0.5) is 5.82 Å². The fourth-order valence-electron chi connectivity index (χ4n) is 3.30. The molecule has 2 aromatic rings. The maximum Gasteiger partial charge on any atom is 0.252 e. The van der Waals surface area contributed by atoms with Crippen molar-refractivity contribution in [1.82, 2.24) is 4.98 Å². The van der Waals surface area contributed by atoms with Gasteiger partial charge in [0.1, 0.15) is 11.6 Å².